The number of aryl methyl sites for hydroxylation is 1. The van der Waals surface area contributed by atoms with Gasteiger partial charge in [0.15, 0.2) is 5.84 Å². The maximum absolute atomic E-state index is 5.30. The largest absolute Gasteiger partial charge is 0.310 e. The van der Waals surface area contributed by atoms with Crippen molar-refractivity contribution in [2.45, 2.75) is 33.1 Å². The number of amidine groups is 1. The van der Waals surface area contributed by atoms with Crippen molar-refractivity contribution in [3.8, 4) is 16.8 Å². The molecule has 2 heterocycles. The molecule has 53 heavy (non-hydrogen) atoms. The minimum Gasteiger partial charge on any atom is -0.310 e. The zero-order chi connectivity index (χ0) is 35.7. The van der Waals surface area contributed by atoms with Crippen LogP contribution in [0.3, 0.4) is 0 Å². The van der Waals surface area contributed by atoms with E-state index in [9.17, 15) is 0 Å². The van der Waals surface area contributed by atoms with Gasteiger partial charge in [-0.05, 0) is 108 Å². The maximum atomic E-state index is 5.30. The van der Waals surface area contributed by atoms with Gasteiger partial charge in [-0.25, -0.2) is 9.98 Å². The first-order chi connectivity index (χ1) is 26.2. The van der Waals surface area contributed by atoms with E-state index in [-0.39, 0.29) is 5.92 Å². The number of para-hydroxylation sites is 1. The van der Waals surface area contributed by atoms with Crippen molar-refractivity contribution >= 4 is 44.9 Å². The molecular weight excluding hydrogens is 643 g/mol. The van der Waals surface area contributed by atoms with Crippen LogP contribution in [0.5, 0.6) is 0 Å². The fraction of sp³-hybridized carbons (Fsp3) is 0.120. The van der Waals surface area contributed by atoms with E-state index in [1.807, 2.05) is 6.92 Å². The standard InChI is InChI=1S/C50H41N3/c1-3-4-5-20-47-34(2)42-15-9-11-21-48(42)53(47)41-32-30-38(31-33-41)36-24-22-35(23-25-36)37-26-28-40(29-27-37)50-51-46-19-10-8-17-45(46)49(52-50)44-18-12-14-39-13-6-7-16-43(39)44/h3-16,18-26,28,30-33,45H,17,27,29H2,1-2H3/b4-3-,20-5-. The number of fused-ring (bicyclic) bond motifs is 3. The van der Waals surface area contributed by atoms with Crippen LogP contribution in [0.4, 0.5) is 0 Å². The van der Waals surface area contributed by atoms with Gasteiger partial charge in [0.1, 0.15) is 0 Å². The topological polar surface area (TPSA) is 29.6 Å². The summed E-state index contributed by atoms with van der Waals surface area (Å²) in [4.78, 5) is 10.4. The monoisotopic (exact) mass is 683 g/mol. The Morgan fingerprint density at radius 1 is 0.660 bits per heavy atom. The molecule has 2 aliphatic carbocycles. The molecule has 0 spiro atoms. The number of aromatic nitrogens is 1. The molecule has 6 aromatic rings. The van der Waals surface area contributed by atoms with Crippen LogP contribution in [0.2, 0.25) is 0 Å². The highest BCUT2D eigenvalue weighted by molar-refractivity contribution is 6.20. The summed E-state index contributed by atoms with van der Waals surface area (Å²) in [5.41, 5.74) is 14.5. The first kappa shape index (κ1) is 32.6. The lowest BCUT2D eigenvalue weighted by molar-refractivity contribution is 0.787. The third-order valence-corrected chi connectivity index (χ3v) is 10.9. The lowest BCUT2D eigenvalue weighted by Crippen LogP contribution is -2.25. The Labute approximate surface area is 311 Å². The second kappa shape index (κ2) is 14.0. The number of aliphatic imine (C=N–C) groups is 2. The molecule has 3 aliphatic rings. The van der Waals surface area contributed by atoms with E-state index in [1.165, 1.54) is 66.3 Å². The Morgan fingerprint density at radius 3 is 2.15 bits per heavy atom. The molecule has 1 atom stereocenters. The molecule has 1 aliphatic heterocycles. The quantitative estimate of drug-likeness (QED) is 0.150. The van der Waals surface area contributed by atoms with Gasteiger partial charge in [-0.3, -0.25) is 0 Å². The lowest BCUT2D eigenvalue weighted by atomic mass is 9.84. The van der Waals surface area contributed by atoms with Gasteiger partial charge in [0.2, 0.25) is 0 Å². The van der Waals surface area contributed by atoms with Crippen LogP contribution in [0.25, 0.3) is 50.1 Å². The molecular formula is C50H41N3. The van der Waals surface area contributed by atoms with Gasteiger partial charge in [-0.2, -0.15) is 0 Å². The third-order valence-electron chi connectivity index (χ3n) is 10.9. The van der Waals surface area contributed by atoms with Gasteiger partial charge >= 0.3 is 0 Å². The van der Waals surface area contributed by atoms with Crippen molar-refractivity contribution in [1.29, 1.82) is 0 Å². The molecule has 0 fully saturated rings. The molecule has 5 aromatic carbocycles. The van der Waals surface area contributed by atoms with Crippen molar-refractivity contribution in [1.82, 2.24) is 4.57 Å². The van der Waals surface area contributed by atoms with Gasteiger partial charge in [0.05, 0.1) is 16.9 Å². The summed E-state index contributed by atoms with van der Waals surface area (Å²) in [6.45, 7) is 4.26. The zero-order valence-corrected chi connectivity index (χ0v) is 30.2. The number of rotatable bonds is 7. The average Bonchev–Trinajstić information content (AvgIpc) is 3.51. The first-order valence-corrected chi connectivity index (χ1v) is 18.7. The molecule has 3 nitrogen and oxygen atoms in total. The molecule has 9 rings (SSSR count). The molecule has 1 unspecified atom stereocenters. The highest BCUT2D eigenvalue weighted by atomic mass is 15.0. The van der Waals surface area contributed by atoms with Crippen molar-refractivity contribution in [2.24, 2.45) is 15.9 Å². The maximum Gasteiger partial charge on any atom is 0.155 e. The molecule has 1 aromatic heterocycles. The van der Waals surface area contributed by atoms with Crippen LogP contribution in [0.15, 0.2) is 185 Å². The van der Waals surface area contributed by atoms with E-state index in [2.05, 4.69) is 181 Å². The number of benzene rings is 5. The summed E-state index contributed by atoms with van der Waals surface area (Å²) in [7, 11) is 0. The third kappa shape index (κ3) is 6.08. The normalized spacial score (nSPS) is 17.2. The number of allylic oxidation sites excluding steroid dienone is 10. The van der Waals surface area contributed by atoms with Crippen LogP contribution in [0.1, 0.15) is 48.6 Å². The zero-order valence-electron chi connectivity index (χ0n) is 30.2. The summed E-state index contributed by atoms with van der Waals surface area (Å²) in [5, 5.41) is 3.77. The number of hydrogen-bond donors (Lipinski definition) is 0. The summed E-state index contributed by atoms with van der Waals surface area (Å²) in [6, 6.07) is 41.8. The van der Waals surface area contributed by atoms with Gasteiger partial charge in [-0.1, -0.05) is 140 Å². The van der Waals surface area contributed by atoms with Crippen LogP contribution in [-0.4, -0.2) is 16.1 Å². The molecule has 0 amide bonds. The van der Waals surface area contributed by atoms with E-state index in [4.69, 9.17) is 9.98 Å². The summed E-state index contributed by atoms with van der Waals surface area (Å²) in [6.07, 6.45) is 22.3. The second-order valence-electron chi connectivity index (χ2n) is 14.0. The van der Waals surface area contributed by atoms with Crippen molar-refractivity contribution < 1.29 is 0 Å². The predicted octanol–water partition coefficient (Wildman–Crippen LogP) is 12.8. The van der Waals surface area contributed by atoms with Gasteiger partial charge in [0, 0.05) is 28.2 Å². The Bertz CT molecular complexity index is 2620. The van der Waals surface area contributed by atoms with Crippen LogP contribution in [-0.2, 0) is 0 Å². The smallest absolute Gasteiger partial charge is 0.155 e. The molecule has 0 saturated heterocycles. The van der Waals surface area contributed by atoms with Crippen molar-refractivity contribution in [2.75, 3.05) is 0 Å². The summed E-state index contributed by atoms with van der Waals surface area (Å²) >= 11 is 0. The first-order valence-electron chi connectivity index (χ1n) is 18.7. The van der Waals surface area contributed by atoms with Gasteiger partial charge in [0.25, 0.3) is 0 Å². The van der Waals surface area contributed by atoms with Crippen LogP contribution >= 0.6 is 0 Å². The van der Waals surface area contributed by atoms with Gasteiger partial charge in [-0.15, -0.1) is 0 Å². The Balaban J connectivity index is 0.974. The fourth-order valence-electron chi connectivity index (χ4n) is 8.07. The van der Waals surface area contributed by atoms with Crippen LogP contribution in [0, 0.1) is 12.8 Å². The minimum absolute atomic E-state index is 0.181. The van der Waals surface area contributed by atoms with Gasteiger partial charge < -0.3 is 4.57 Å². The van der Waals surface area contributed by atoms with E-state index in [0.29, 0.717) is 0 Å². The molecule has 3 heteroatoms. The molecule has 0 bridgehead atoms. The summed E-state index contributed by atoms with van der Waals surface area (Å²) in [5.74, 6) is 1.03. The Hall–Kier alpha value is -6.32. The van der Waals surface area contributed by atoms with Crippen LogP contribution < -0.4 is 0 Å². The van der Waals surface area contributed by atoms with E-state index >= 15 is 0 Å². The number of nitrogens with zero attached hydrogens (tertiary/aromatic N) is 3. The SMILES string of the molecule is C/C=C\C=C/c1c(C)c2ccccc2n1-c1ccc(-c2ccc(C3=CC=C(C4=NC5=CC=CCC5C(c5cccc6ccccc56)=N4)CC3)cc2)cc1. The highest BCUT2D eigenvalue weighted by Crippen LogP contribution is 2.36. The molecule has 0 saturated carbocycles. The minimum atomic E-state index is 0.181. The van der Waals surface area contributed by atoms with Crippen molar-refractivity contribution in [3.63, 3.8) is 0 Å². The van der Waals surface area contributed by atoms with E-state index in [0.717, 1.165) is 42.2 Å². The Morgan fingerprint density at radius 2 is 1.36 bits per heavy atom. The predicted molar refractivity (Wildman–Crippen MR) is 226 cm³/mol. The summed E-state index contributed by atoms with van der Waals surface area (Å²) < 4.78 is 2.37. The molecule has 0 N–H and O–H groups in total. The Kier molecular flexibility index (Phi) is 8.61. The second-order valence-corrected chi connectivity index (χ2v) is 14.0. The molecule has 256 valence electrons. The lowest BCUT2D eigenvalue weighted by Gasteiger charge is -2.27. The highest BCUT2D eigenvalue weighted by Gasteiger charge is 2.29. The molecule has 0 radical (unpaired) electrons. The van der Waals surface area contributed by atoms with E-state index in [1.54, 1.807) is 0 Å². The van der Waals surface area contributed by atoms with Crippen molar-refractivity contribution in [3.05, 3.63) is 198 Å². The number of hydrogen-bond acceptors (Lipinski definition) is 2. The van der Waals surface area contributed by atoms with E-state index < -0.39 is 0 Å². The average molecular weight is 684 g/mol. The fourth-order valence-corrected chi connectivity index (χ4v) is 8.07.